The Kier molecular flexibility index (Phi) is 7.49. The zero-order valence-corrected chi connectivity index (χ0v) is 17.8. The zero-order chi connectivity index (χ0) is 21.3. The number of hydrogen-bond acceptors (Lipinski definition) is 4. The number of para-hydroxylation sites is 1. The van der Waals surface area contributed by atoms with Crippen LogP contribution in [0.1, 0.15) is 32.4 Å². The van der Waals surface area contributed by atoms with Gasteiger partial charge >= 0.3 is 6.03 Å². The summed E-state index contributed by atoms with van der Waals surface area (Å²) in [6, 6.07) is 16.9. The molecule has 6 nitrogen and oxygen atoms in total. The van der Waals surface area contributed by atoms with E-state index in [-0.39, 0.29) is 6.03 Å². The molecule has 0 spiro atoms. The lowest BCUT2D eigenvalue weighted by molar-refractivity contribution is 0.251. The molecule has 30 heavy (non-hydrogen) atoms. The summed E-state index contributed by atoms with van der Waals surface area (Å²) in [4.78, 5) is 16.9. The predicted molar refractivity (Wildman–Crippen MR) is 120 cm³/mol. The third kappa shape index (κ3) is 6.11. The highest BCUT2D eigenvalue weighted by Crippen LogP contribution is 2.30. The number of aromatic nitrogens is 1. The van der Waals surface area contributed by atoms with Crippen LogP contribution >= 0.6 is 0 Å². The molecule has 0 unspecified atom stereocenters. The van der Waals surface area contributed by atoms with Crippen molar-refractivity contribution in [3.8, 4) is 11.5 Å². The van der Waals surface area contributed by atoms with Crippen molar-refractivity contribution in [2.45, 2.75) is 33.2 Å². The van der Waals surface area contributed by atoms with Crippen molar-refractivity contribution in [3.63, 3.8) is 0 Å². The molecule has 0 saturated heterocycles. The average Bonchev–Trinajstić information content (AvgIpc) is 2.75. The van der Waals surface area contributed by atoms with Gasteiger partial charge in [0.05, 0.1) is 31.5 Å². The van der Waals surface area contributed by atoms with Crippen LogP contribution in [0.5, 0.6) is 11.5 Å². The van der Waals surface area contributed by atoms with Crippen LogP contribution in [0.15, 0.2) is 54.6 Å². The first-order valence-corrected chi connectivity index (χ1v) is 10.3. The normalized spacial score (nSPS) is 10.8. The van der Waals surface area contributed by atoms with Gasteiger partial charge in [-0.3, -0.25) is 4.98 Å². The van der Waals surface area contributed by atoms with Gasteiger partial charge in [0.15, 0.2) is 11.5 Å². The summed E-state index contributed by atoms with van der Waals surface area (Å²) in [6.45, 7) is 5.33. The van der Waals surface area contributed by atoms with Crippen LogP contribution in [0.3, 0.4) is 0 Å². The standard InChI is InChI=1S/C24H29N3O3/c1-17(2)7-6-14-30-23-15-19(12-13-22(23)29-3)27-24(28)25-16-20-11-10-18-8-4-5-9-21(18)26-20/h4-5,8-13,15,17H,6-7,14,16H2,1-3H3,(H2,25,27,28). The van der Waals surface area contributed by atoms with Gasteiger partial charge in [-0.1, -0.05) is 38.1 Å². The van der Waals surface area contributed by atoms with Crippen LogP contribution in [0.4, 0.5) is 10.5 Å². The summed E-state index contributed by atoms with van der Waals surface area (Å²) < 4.78 is 11.2. The van der Waals surface area contributed by atoms with E-state index in [9.17, 15) is 4.79 Å². The van der Waals surface area contributed by atoms with Crippen molar-refractivity contribution < 1.29 is 14.3 Å². The van der Waals surface area contributed by atoms with Crippen molar-refractivity contribution in [2.75, 3.05) is 19.0 Å². The maximum absolute atomic E-state index is 12.3. The van der Waals surface area contributed by atoms with Crippen molar-refractivity contribution in [2.24, 2.45) is 5.92 Å². The lowest BCUT2D eigenvalue weighted by Crippen LogP contribution is -2.28. The molecule has 158 valence electrons. The first kappa shape index (κ1) is 21.4. The Morgan fingerprint density at radius 2 is 1.90 bits per heavy atom. The number of pyridine rings is 1. The second-order valence-electron chi connectivity index (χ2n) is 7.55. The maximum atomic E-state index is 12.3. The number of methoxy groups -OCH3 is 1. The second-order valence-corrected chi connectivity index (χ2v) is 7.55. The molecular weight excluding hydrogens is 378 g/mol. The van der Waals surface area contributed by atoms with Gasteiger partial charge in [0, 0.05) is 17.1 Å². The molecule has 0 fully saturated rings. The summed E-state index contributed by atoms with van der Waals surface area (Å²) in [5.74, 6) is 1.91. The molecule has 3 aromatic rings. The fourth-order valence-corrected chi connectivity index (χ4v) is 3.09. The number of benzene rings is 2. The van der Waals surface area contributed by atoms with E-state index < -0.39 is 0 Å². The number of hydrogen-bond donors (Lipinski definition) is 2. The van der Waals surface area contributed by atoms with Gasteiger partial charge in [0.25, 0.3) is 0 Å². The molecule has 6 heteroatoms. The zero-order valence-electron chi connectivity index (χ0n) is 17.8. The SMILES string of the molecule is COc1ccc(NC(=O)NCc2ccc3ccccc3n2)cc1OCCCC(C)C. The minimum atomic E-state index is -0.305. The van der Waals surface area contributed by atoms with Crippen LogP contribution in [0.25, 0.3) is 10.9 Å². The van der Waals surface area contributed by atoms with E-state index in [1.165, 1.54) is 0 Å². The number of amides is 2. The van der Waals surface area contributed by atoms with Gasteiger partial charge in [0.1, 0.15) is 0 Å². The largest absolute Gasteiger partial charge is 0.493 e. The molecule has 0 aliphatic carbocycles. The lowest BCUT2D eigenvalue weighted by Gasteiger charge is -2.14. The number of nitrogens with one attached hydrogen (secondary N) is 2. The number of anilines is 1. The highest BCUT2D eigenvalue weighted by atomic mass is 16.5. The molecule has 0 aliphatic rings. The fraction of sp³-hybridized carbons (Fsp3) is 0.333. The number of carbonyl (C=O) groups is 1. The summed E-state index contributed by atoms with van der Waals surface area (Å²) in [7, 11) is 1.60. The molecule has 0 radical (unpaired) electrons. The van der Waals surface area contributed by atoms with Crippen LogP contribution in [0, 0.1) is 5.92 Å². The first-order chi connectivity index (χ1) is 14.5. The molecule has 2 aromatic carbocycles. The van der Waals surface area contributed by atoms with Gasteiger partial charge in [-0.25, -0.2) is 4.79 Å². The topological polar surface area (TPSA) is 72.5 Å². The Bertz CT molecular complexity index is 988. The Hall–Kier alpha value is -3.28. The van der Waals surface area contributed by atoms with E-state index in [1.807, 2.05) is 36.4 Å². The number of nitrogens with zero attached hydrogens (tertiary/aromatic N) is 1. The molecule has 2 N–H and O–H groups in total. The molecule has 0 bridgehead atoms. The smallest absolute Gasteiger partial charge is 0.319 e. The van der Waals surface area contributed by atoms with E-state index in [4.69, 9.17) is 9.47 Å². The van der Waals surface area contributed by atoms with Gasteiger partial charge in [-0.05, 0) is 43.0 Å². The maximum Gasteiger partial charge on any atom is 0.319 e. The Morgan fingerprint density at radius 3 is 2.70 bits per heavy atom. The number of fused-ring (bicyclic) bond motifs is 1. The predicted octanol–water partition coefficient (Wildman–Crippen LogP) is 5.38. The fourth-order valence-electron chi connectivity index (χ4n) is 3.09. The van der Waals surface area contributed by atoms with Crippen LogP contribution < -0.4 is 20.1 Å². The first-order valence-electron chi connectivity index (χ1n) is 10.3. The van der Waals surface area contributed by atoms with Crippen molar-refractivity contribution in [1.29, 1.82) is 0 Å². The quantitative estimate of drug-likeness (QED) is 0.467. The molecule has 3 rings (SSSR count). The number of carbonyl (C=O) groups excluding carboxylic acids is 1. The van der Waals surface area contributed by atoms with Crippen LogP contribution in [-0.2, 0) is 6.54 Å². The van der Waals surface area contributed by atoms with Gasteiger partial charge in [-0.2, -0.15) is 0 Å². The van der Waals surface area contributed by atoms with Crippen LogP contribution in [0.2, 0.25) is 0 Å². The minimum Gasteiger partial charge on any atom is -0.493 e. The molecule has 1 aromatic heterocycles. The summed E-state index contributed by atoms with van der Waals surface area (Å²) in [5.41, 5.74) is 2.35. The van der Waals surface area contributed by atoms with E-state index in [0.717, 1.165) is 29.4 Å². The average molecular weight is 408 g/mol. The Morgan fingerprint density at radius 1 is 1.07 bits per heavy atom. The second kappa shape index (κ2) is 10.5. The molecule has 0 atom stereocenters. The highest BCUT2D eigenvalue weighted by molar-refractivity contribution is 5.89. The third-order valence-corrected chi connectivity index (χ3v) is 4.69. The number of urea groups is 1. The van der Waals surface area contributed by atoms with Gasteiger partial charge < -0.3 is 20.1 Å². The summed E-state index contributed by atoms with van der Waals surface area (Å²) in [6.07, 6.45) is 2.07. The summed E-state index contributed by atoms with van der Waals surface area (Å²) in [5, 5.41) is 6.75. The Labute approximate surface area is 177 Å². The van der Waals surface area contributed by atoms with Crippen molar-refractivity contribution in [1.82, 2.24) is 10.3 Å². The minimum absolute atomic E-state index is 0.305. The third-order valence-electron chi connectivity index (χ3n) is 4.69. The molecule has 1 heterocycles. The van der Waals surface area contributed by atoms with Crippen molar-refractivity contribution in [3.05, 3.63) is 60.3 Å². The molecule has 0 aliphatic heterocycles. The van der Waals surface area contributed by atoms with Gasteiger partial charge in [-0.15, -0.1) is 0 Å². The molecule has 2 amide bonds. The van der Waals surface area contributed by atoms with E-state index in [0.29, 0.717) is 36.3 Å². The van der Waals surface area contributed by atoms with Crippen LogP contribution in [-0.4, -0.2) is 24.7 Å². The summed E-state index contributed by atoms with van der Waals surface area (Å²) >= 11 is 0. The van der Waals surface area contributed by atoms with Gasteiger partial charge in [0.2, 0.25) is 0 Å². The molecule has 0 saturated carbocycles. The lowest BCUT2D eigenvalue weighted by atomic mass is 10.1. The van der Waals surface area contributed by atoms with E-state index >= 15 is 0 Å². The van der Waals surface area contributed by atoms with E-state index in [2.05, 4.69) is 29.5 Å². The Balaban J connectivity index is 1.56. The number of rotatable bonds is 9. The molecular formula is C24H29N3O3. The van der Waals surface area contributed by atoms with Crippen molar-refractivity contribution >= 4 is 22.6 Å². The monoisotopic (exact) mass is 407 g/mol. The number of ether oxygens (including phenoxy) is 2. The van der Waals surface area contributed by atoms with E-state index in [1.54, 1.807) is 25.3 Å². The highest BCUT2D eigenvalue weighted by Gasteiger charge is 2.09.